The van der Waals surface area contributed by atoms with Crippen molar-refractivity contribution >= 4 is 17.6 Å². The molecule has 0 aromatic rings. The number of hydrogen-bond donors (Lipinski definition) is 2. The Hall–Kier alpha value is -1.09. The lowest BCUT2D eigenvalue weighted by Gasteiger charge is -2.41. The summed E-state index contributed by atoms with van der Waals surface area (Å²) in [7, 11) is 0. The fourth-order valence-corrected chi connectivity index (χ4v) is 38.6. The quantitative estimate of drug-likeness (QED) is 0.124. The summed E-state index contributed by atoms with van der Waals surface area (Å²) in [6.07, 6.45) is 44.5. The zero-order valence-corrected chi connectivity index (χ0v) is 78.0. The van der Waals surface area contributed by atoms with Gasteiger partial charge in [0.05, 0.1) is 12.2 Å². The van der Waals surface area contributed by atoms with Gasteiger partial charge in [0, 0.05) is 24.8 Å². The van der Waals surface area contributed by atoms with Gasteiger partial charge in [-0.2, -0.15) is 5.26 Å². The van der Waals surface area contributed by atoms with Crippen molar-refractivity contribution in [1.82, 2.24) is 0 Å². The number of aliphatic hydroxyl groups excluding tert-OH is 2. The summed E-state index contributed by atoms with van der Waals surface area (Å²) < 4.78 is 5.32. The number of alkyl halides is 1. The van der Waals surface area contributed by atoms with E-state index in [0.29, 0.717) is 35.7 Å². The second kappa shape index (κ2) is 34.8. The van der Waals surface area contributed by atoms with Crippen LogP contribution < -0.4 is 0 Å². The number of carbonyl (C=O) groups is 1. The van der Waals surface area contributed by atoms with Crippen LogP contribution in [0.15, 0.2) is 12.2 Å². The molecule has 0 radical (unpaired) electrons. The highest BCUT2D eigenvalue weighted by Gasteiger charge is 2.65. The van der Waals surface area contributed by atoms with Crippen molar-refractivity contribution in [2.24, 2.45) is 308 Å². The van der Waals surface area contributed by atoms with Crippen LogP contribution in [0.5, 0.6) is 0 Å². The van der Waals surface area contributed by atoms with E-state index in [0.717, 1.165) is 261 Å². The van der Waals surface area contributed by atoms with E-state index in [2.05, 4.69) is 157 Å². The van der Waals surface area contributed by atoms with Crippen LogP contribution in [0.1, 0.15) is 319 Å². The Bertz CT molecular complexity index is 3160. The second-order valence-corrected chi connectivity index (χ2v) is 49.7. The van der Waals surface area contributed by atoms with Crippen LogP contribution in [0.3, 0.4) is 0 Å². The lowest BCUT2D eigenvalue weighted by atomic mass is 9.64. The van der Waals surface area contributed by atoms with E-state index in [9.17, 15) is 9.90 Å². The highest BCUT2D eigenvalue weighted by Crippen LogP contribution is 2.71. The number of nitrogens with zero attached hydrogens (tertiary/aromatic N) is 1. The van der Waals surface area contributed by atoms with Crippen molar-refractivity contribution in [2.45, 2.75) is 336 Å². The summed E-state index contributed by atoms with van der Waals surface area (Å²) in [5, 5.41) is 28.0. The molecule has 6 heteroatoms. The first-order valence-electron chi connectivity index (χ1n) is 51.5. The number of ether oxygens (including phenoxy) is 1. The van der Waals surface area contributed by atoms with Gasteiger partial charge in [-0.1, -0.05) is 157 Å². The maximum atomic E-state index is 10.8. The molecule has 0 aromatic carbocycles. The van der Waals surface area contributed by atoms with E-state index >= 15 is 0 Å². The molecule has 0 aliphatic heterocycles. The predicted molar refractivity (Wildman–Crippen MR) is 473 cm³/mol. The molecule has 0 amide bonds. The molecule has 2 N–H and O–H groups in total. The molecule has 0 heterocycles. The van der Waals surface area contributed by atoms with Crippen LogP contribution in [-0.2, 0) is 9.53 Å². The van der Waals surface area contributed by atoms with Crippen molar-refractivity contribution in [1.29, 1.82) is 5.26 Å². The van der Waals surface area contributed by atoms with Gasteiger partial charge in [-0.15, -0.1) is 11.6 Å². The number of aliphatic hydroxyl groups is 2. The number of fused-ring (bicyclic) bond motifs is 36. The number of halogens is 1. The first kappa shape index (κ1) is 86.4. The van der Waals surface area contributed by atoms with E-state index in [4.69, 9.17) is 26.7 Å². The lowest BCUT2D eigenvalue weighted by Crippen LogP contribution is -2.35. The lowest BCUT2D eigenvalue weighted by molar-refractivity contribution is -0.150. The molecule has 646 valence electrons. The molecule has 0 aromatic heterocycles. The number of nitriles is 1. The molecule has 0 saturated heterocycles. The monoisotopic (exact) mass is 1590 g/mol. The fourth-order valence-electron chi connectivity index (χ4n) is 38.0. The minimum atomic E-state index is -0.114. The molecule has 25 rings (SSSR count). The molecule has 55 unspecified atom stereocenters. The van der Waals surface area contributed by atoms with Crippen molar-refractivity contribution < 1.29 is 19.7 Å². The van der Waals surface area contributed by atoms with E-state index < -0.39 is 0 Å². The first-order chi connectivity index (χ1) is 54.4. The Morgan fingerprint density at radius 3 is 1.21 bits per heavy atom. The third-order valence-electron chi connectivity index (χ3n) is 46.5. The molecule has 25 aliphatic carbocycles. The number of allylic oxidation sites excluding steroid dienone is 2. The van der Waals surface area contributed by atoms with Gasteiger partial charge in [0.2, 0.25) is 0 Å². The van der Waals surface area contributed by atoms with Crippen molar-refractivity contribution in [2.75, 3.05) is 6.61 Å². The van der Waals surface area contributed by atoms with Gasteiger partial charge in [0.15, 0.2) is 0 Å². The largest absolute Gasteiger partial charge is 0.462 e. The maximum absolute atomic E-state index is 10.8. The Balaban J connectivity index is 0.0000000956. The standard InChI is InChI=1S/C14H22.2C12H20.C12H18.C11H18O2.C10H15N.C10H18O.C9H15Cl.C9H16O.C9H16/c1-7-8(2)12-6-11(7)13-9-3-4-10(5-9)14(12)13;1-7-5-11-9-3-4-10(6-9)12(11)8(7)2;2*1-7-8(2)12-6-11(7)9-4-3-5-10(9)12;1-6-7(2)10-4-9(6)5-11(10)13-8(3)12;2*1-6-7(2)10-4-8(6)3-9(10)5-11;2*1-5-6(2)8-3-7(5)4-9(8)10;1-6-7(2)9-4-3-8(6)5-9/h7-14H,3-6H2,1-2H3;2*7-12H,3-6H2,1-2H3;3-4,7-12H,5-6H2,1-2H3;6-7,9-11H,4-5H2,1-3H3;6-10H,3-4H2,1-2H3;6-11H,3-5H2,1-2H3;5-9H,3-4H2,1-2H3;5-10H,3-4H2,1-2H3;6-9H,3-5H2,1-2H3. The number of hydrogen-bond acceptors (Lipinski definition) is 5. The number of carbonyl (C=O) groups excluding carboxylic acids is 1. The molecular weight excluding hydrogens is 1410 g/mol. The Morgan fingerprint density at radius 2 is 0.754 bits per heavy atom. The molecule has 114 heavy (non-hydrogen) atoms. The van der Waals surface area contributed by atoms with Gasteiger partial charge in [-0.05, 0) is 469 Å². The first-order valence-corrected chi connectivity index (χ1v) is 52.0. The third kappa shape index (κ3) is 15.5. The van der Waals surface area contributed by atoms with Crippen LogP contribution in [0.25, 0.3) is 0 Å². The minimum Gasteiger partial charge on any atom is -0.462 e. The average molecular weight is 1590 g/mol. The molecular formula is C108H178ClNO4. The van der Waals surface area contributed by atoms with Crippen LogP contribution in [0.4, 0.5) is 0 Å². The van der Waals surface area contributed by atoms with Gasteiger partial charge in [-0.25, -0.2) is 0 Å². The summed E-state index contributed by atoms with van der Waals surface area (Å²) in [5.41, 5.74) is 0. The third-order valence-corrected chi connectivity index (χ3v) is 47.0. The molecule has 25 aliphatic rings. The van der Waals surface area contributed by atoms with Crippen LogP contribution in [-0.4, -0.2) is 40.4 Å². The summed E-state index contributed by atoms with van der Waals surface area (Å²) >= 11 is 6.17. The Kier molecular flexibility index (Phi) is 26.4. The highest BCUT2D eigenvalue weighted by atomic mass is 35.5. The van der Waals surface area contributed by atoms with Crippen molar-refractivity contribution in [3.05, 3.63) is 12.2 Å². The zero-order chi connectivity index (χ0) is 81.0. The Labute approximate surface area is 707 Å². The fraction of sp³-hybridized carbons (Fsp3) is 0.963. The summed E-state index contributed by atoms with van der Waals surface area (Å²) in [4.78, 5) is 10.8. The minimum absolute atomic E-state index is 0.0381. The van der Waals surface area contributed by atoms with Crippen molar-refractivity contribution in [3.63, 3.8) is 0 Å². The van der Waals surface area contributed by atoms with E-state index in [1.807, 2.05) is 0 Å². The Morgan fingerprint density at radius 1 is 0.351 bits per heavy atom. The van der Waals surface area contributed by atoms with E-state index in [1.165, 1.54) is 113 Å². The summed E-state index contributed by atoms with van der Waals surface area (Å²) in [6, 6.07) is 2.45. The van der Waals surface area contributed by atoms with Gasteiger partial charge in [0.25, 0.3) is 0 Å². The summed E-state index contributed by atoms with van der Waals surface area (Å²) in [6.45, 7) is 50.2. The molecule has 22 bridgehead atoms. The topological polar surface area (TPSA) is 90.6 Å². The van der Waals surface area contributed by atoms with Crippen LogP contribution >= 0.6 is 11.6 Å². The van der Waals surface area contributed by atoms with Gasteiger partial charge < -0.3 is 14.9 Å². The van der Waals surface area contributed by atoms with E-state index in [1.54, 1.807) is 89.9 Å². The molecule has 5 nitrogen and oxygen atoms in total. The van der Waals surface area contributed by atoms with Crippen LogP contribution in [0.2, 0.25) is 0 Å². The predicted octanol–water partition coefficient (Wildman–Crippen LogP) is 27.1. The van der Waals surface area contributed by atoms with Gasteiger partial charge in [0.1, 0.15) is 6.10 Å². The number of rotatable bonds is 2. The molecule has 0 spiro atoms. The smallest absolute Gasteiger partial charge is 0.302 e. The second-order valence-electron chi connectivity index (χ2n) is 49.2. The van der Waals surface area contributed by atoms with Gasteiger partial charge in [-0.3, -0.25) is 4.79 Å². The SMILES string of the molecule is CC(=O)OC1CC2CC1C(C)C2C.CC1C(C)C2CC1C1C3CCC(C3)C21.CC1C(C)C2CC1C1C=CCC12.CC1C(C)C2CC1C1CCCC21.CC1C2CC(C#N)C(C2)C1C.CC1C2CC(CO)C(C2)C1C.CC1C2CC(Cl)C(C2)C1C.CC1C2CC(O)C(C2)C1C.CC1C2CCC(C2)C1C.CC1CC2C3CCC(C3)C2C1C. The van der Waals surface area contributed by atoms with Gasteiger partial charge >= 0.3 is 5.97 Å². The zero-order valence-electron chi connectivity index (χ0n) is 77.2. The highest BCUT2D eigenvalue weighted by molar-refractivity contribution is 6.21. The maximum Gasteiger partial charge on any atom is 0.302 e. The summed E-state index contributed by atoms with van der Waals surface area (Å²) in [5.74, 6) is 50.6. The molecule has 24 saturated carbocycles. The average Bonchev–Trinajstić information content (AvgIpc) is 1.54. The molecule has 55 atom stereocenters. The van der Waals surface area contributed by atoms with Crippen LogP contribution in [0, 0.1) is 319 Å². The molecule has 24 fully saturated rings. The normalized spacial score (nSPS) is 59.1. The van der Waals surface area contributed by atoms with Crippen molar-refractivity contribution in [3.8, 4) is 6.07 Å². The van der Waals surface area contributed by atoms with E-state index in [-0.39, 0.29) is 18.2 Å². The number of esters is 1.